The maximum Gasteiger partial charge on any atom is 0.334 e. The van der Waals surface area contributed by atoms with Crippen molar-refractivity contribution in [2.24, 2.45) is 0 Å². The van der Waals surface area contributed by atoms with Crippen LogP contribution in [0, 0.1) is 0 Å². The smallest absolute Gasteiger partial charge is 0.334 e. The predicted octanol–water partition coefficient (Wildman–Crippen LogP) is 1.76. The molecule has 0 radical (unpaired) electrons. The molecule has 0 aliphatic carbocycles. The van der Waals surface area contributed by atoms with E-state index in [4.69, 9.17) is 16.3 Å². The number of carboxylic acid groups (broad SMARTS) is 1. The molecule has 2 N–H and O–H groups in total. The van der Waals surface area contributed by atoms with E-state index in [1.807, 2.05) is 12.1 Å². The molecule has 0 spiro atoms. The molecule has 0 bridgehead atoms. The van der Waals surface area contributed by atoms with E-state index >= 15 is 0 Å². The first kappa shape index (κ1) is 26.2. The van der Waals surface area contributed by atoms with Crippen molar-refractivity contribution in [1.82, 2.24) is 25.1 Å². The van der Waals surface area contributed by atoms with Crippen molar-refractivity contribution in [2.45, 2.75) is 31.7 Å². The summed E-state index contributed by atoms with van der Waals surface area (Å²) in [5, 5.41) is 15.7. The van der Waals surface area contributed by atoms with E-state index < -0.39 is 42.4 Å². The first-order chi connectivity index (χ1) is 17.7. The number of rotatable bonds is 7. The zero-order valence-electron chi connectivity index (χ0n) is 20.5. The van der Waals surface area contributed by atoms with Gasteiger partial charge in [0.1, 0.15) is 18.0 Å². The number of fused-ring (bicyclic) bond motifs is 1. The van der Waals surface area contributed by atoms with Gasteiger partial charge in [0.25, 0.3) is 0 Å². The van der Waals surface area contributed by atoms with Gasteiger partial charge in [-0.05, 0) is 29.3 Å². The molecule has 2 fully saturated rings. The lowest BCUT2D eigenvalue weighted by Crippen LogP contribution is -2.76. The van der Waals surface area contributed by atoms with Crippen molar-refractivity contribution in [3.8, 4) is 5.75 Å². The molecule has 0 aromatic heterocycles. The summed E-state index contributed by atoms with van der Waals surface area (Å²) in [5.74, 6) is -1.47. The molecule has 2 saturated heterocycles. The number of nitrogens with one attached hydrogen (secondary N) is 1. The molecule has 4 rings (SSSR count). The lowest BCUT2D eigenvalue weighted by atomic mass is 10.0. The maximum absolute atomic E-state index is 13.4. The number of methoxy groups -OCH3 is 1. The van der Waals surface area contributed by atoms with Crippen molar-refractivity contribution in [2.75, 3.05) is 27.2 Å². The molecule has 2 aliphatic rings. The molecule has 4 amide bonds. The fourth-order valence-electron chi connectivity index (χ4n) is 4.65. The average Bonchev–Trinajstić information content (AvgIpc) is 2.86. The highest BCUT2D eigenvalue weighted by molar-refractivity contribution is 6.31. The van der Waals surface area contributed by atoms with Crippen LogP contribution >= 0.6 is 11.6 Å². The molecule has 0 saturated carbocycles. The molecular weight excluding hydrogens is 502 g/mol. The molecule has 2 heterocycles. The van der Waals surface area contributed by atoms with Gasteiger partial charge in [0.2, 0.25) is 11.8 Å². The van der Waals surface area contributed by atoms with E-state index in [-0.39, 0.29) is 26.2 Å². The number of benzene rings is 2. The summed E-state index contributed by atoms with van der Waals surface area (Å²) in [6.07, 6.45) is -1.47. The van der Waals surface area contributed by atoms with Crippen LogP contribution in [0.2, 0.25) is 5.02 Å². The third-order valence-electron chi connectivity index (χ3n) is 6.44. The van der Waals surface area contributed by atoms with Gasteiger partial charge in [0.15, 0.2) is 0 Å². The van der Waals surface area contributed by atoms with Gasteiger partial charge in [-0.15, -0.1) is 0 Å². The highest BCUT2D eigenvalue weighted by Gasteiger charge is 2.51. The van der Waals surface area contributed by atoms with Crippen LogP contribution < -0.4 is 10.1 Å². The molecule has 12 heteroatoms. The maximum atomic E-state index is 13.4. The van der Waals surface area contributed by atoms with E-state index in [1.54, 1.807) is 50.6 Å². The topological polar surface area (TPSA) is 123 Å². The van der Waals surface area contributed by atoms with Crippen LogP contribution in [0.3, 0.4) is 0 Å². The number of hydrazine groups is 1. The minimum absolute atomic E-state index is 0.00773. The quantitative estimate of drug-likeness (QED) is 0.560. The van der Waals surface area contributed by atoms with Crippen molar-refractivity contribution < 1.29 is 29.0 Å². The minimum atomic E-state index is -1.25. The van der Waals surface area contributed by atoms with E-state index in [1.165, 1.54) is 19.8 Å². The Labute approximate surface area is 219 Å². The Morgan fingerprint density at radius 1 is 1.14 bits per heavy atom. The SMILES string of the molecule is COc1ccc(CNC(=O)N2[C@H]3CN(Cc4ccccc4Cl)C(=O)[C@H](CC(=O)O)N3C(=O)CN2C)cc1. The number of halogens is 1. The second-order valence-electron chi connectivity index (χ2n) is 8.87. The summed E-state index contributed by atoms with van der Waals surface area (Å²) < 4.78 is 5.16. The number of hydrogen-bond acceptors (Lipinski definition) is 6. The third-order valence-corrected chi connectivity index (χ3v) is 6.81. The van der Waals surface area contributed by atoms with Gasteiger partial charge < -0.3 is 25.0 Å². The number of carbonyl (C=O) groups excluding carboxylic acids is 3. The van der Waals surface area contributed by atoms with Crippen LogP contribution in [0.15, 0.2) is 48.5 Å². The Balaban J connectivity index is 1.60. The zero-order chi connectivity index (χ0) is 26.7. The van der Waals surface area contributed by atoms with Crippen LogP contribution in [-0.2, 0) is 27.5 Å². The molecule has 2 aromatic rings. The number of carboxylic acids is 1. The fourth-order valence-corrected chi connectivity index (χ4v) is 4.84. The predicted molar refractivity (Wildman–Crippen MR) is 133 cm³/mol. The van der Waals surface area contributed by atoms with Crippen molar-refractivity contribution in [3.63, 3.8) is 0 Å². The summed E-state index contributed by atoms with van der Waals surface area (Å²) in [5.41, 5.74) is 1.51. The lowest BCUT2D eigenvalue weighted by molar-refractivity contribution is -0.189. The summed E-state index contributed by atoms with van der Waals surface area (Å²) in [7, 11) is 3.17. The summed E-state index contributed by atoms with van der Waals surface area (Å²) in [6, 6.07) is 12.5. The van der Waals surface area contributed by atoms with Crippen molar-refractivity contribution >= 4 is 35.4 Å². The Kier molecular flexibility index (Phi) is 7.84. The van der Waals surface area contributed by atoms with Crippen LogP contribution in [0.1, 0.15) is 17.5 Å². The second kappa shape index (κ2) is 11.1. The first-order valence-electron chi connectivity index (χ1n) is 11.7. The van der Waals surface area contributed by atoms with E-state index in [0.717, 1.165) is 5.56 Å². The summed E-state index contributed by atoms with van der Waals surface area (Å²) >= 11 is 6.31. The Morgan fingerprint density at radius 2 is 1.84 bits per heavy atom. The molecular formula is C25H28ClN5O6. The zero-order valence-corrected chi connectivity index (χ0v) is 21.2. The number of carbonyl (C=O) groups is 4. The average molecular weight is 530 g/mol. The third kappa shape index (κ3) is 5.62. The van der Waals surface area contributed by atoms with Gasteiger partial charge in [0.05, 0.1) is 26.6 Å². The number of aliphatic carboxylic acids is 1. The van der Waals surface area contributed by atoms with Crippen LogP contribution in [0.4, 0.5) is 4.79 Å². The van der Waals surface area contributed by atoms with E-state index in [2.05, 4.69) is 5.32 Å². The highest BCUT2D eigenvalue weighted by atomic mass is 35.5. The van der Waals surface area contributed by atoms with E-state index in [0.29, 0.717) is 16.3 Å². The van der Waals surface area contributed by atoms with Gasteiger partial charge in [-0.1, -0.05) is 41.9 Å². The normalized spacial score (nSPS) is 20.0. The minimum Gasteiger partial charge on any atom is -0.497 e. The van der Waals surface area contributed by atoms with Gasteiger partial charge in [-0.25, -0.2) is 14.8 Å². The Morgan fingerprint density at radius 3 is 2.49 bits per heavy atom. The number of piperazine rings is 1. The first-order valence-corrected chi connectivity index (χ1v) is 12.0. The number of hydrogen-bond donors (Lipinski definition) is 2. The molecule has 2 aliphatic heterocycles. The number of ether oxygens (including phenoxy) is 1. The number of urea groups is 1. The summed E-state index contributed by atoms with van der Waals surface area (Å²) in [4.78, 5) is 54.1. The highest BCUT2D eigenvalue weighted by Crippen LogP contribution is 2.29. The largest absolute Gasteiger partial charge is 0.497 e. The van der Waals surface area contributed by atoms with Crippen LogP contribution in [0.25, 0.3) is 0 Å². The lowest BCUT2D eigenvalue weighted by Gasteiger charge is -2.54. The molecule has 37 heavy (non-hydrogen) atoms. The molecule has 2 atom stereocenters. The number of amides is 4. The molecule has 2 aromatic carbocycles. The van der Waals surface area contributed by atoms with Crippen molar-refractivity contribution in [3.05, 3.63) is 64.7 Å². The molecule has 196 valence electrons. The van der Waals surface area contributed by atoms with Gasteiger partial charge in [-0.2, -0.15) is 0 Å². The second-order valence-corrected chi connectivity index (χ2v) is 9.28. The van der Waals surface area contributed by atoms with Crippen LogP contribution in [0.5, 0.6) is 5.75 Å². The van der Waals surface area contributed by atoms with Gasteiger partial charge >= 0.3 is 12.0 Å². The molecule has 0 unspecified atom stereocenters. The van der Waals surface area contributed by atoms with Gasteiger partial charge in [0, 0.05) is 25.2 Å². The number of nitrogens with zero attached hydrogens (tertiary/aromatic N) is 4. The fraction of sp³-hybridized carbons (Fsp3) is 0.360. The van der Waals surface area contributed by atoms with Crippen molar-refractivity contribution in [1.29, 1.82) is 0 Å². The Hall–Kier alpha value is -3.83. The monoisotopic (exact) mass is 529 g/mol. The number of likely N-dealkylation sites (N-methyl/N-ethyl adjacent to an activating group) is 1. The van der Waals surface area contributed by atoms with E-state index in [9.17, 15) is 24.3 Å². The Bertz CT molecular complexity index is 1190. The standard InChI is InChI=1S/C25H28ClN5O6/c1-28-15-22(32)30-20(11-23(33)34)24(35)29(13-17-5-3-4-6-19(17)26)14-21(30)31(28)25(36)27-12-16-7-9-18(37-2)10-8-16/h3-10,20-21H,11-15H2,1-2H3,(H,27,36)(H,33,34)/t20-,21-/m0/s1. The summed E-state index contributed by atoms with van der Waals surface area (Å²) in [6.45, 7) is 0.138. The molecule has 11 nitrogen and oxygen atoms in total. The van der Waals surface area contributed by atoms with Gasteiger partial charge in [-0.3, -0.25) is 14.4 Å². The van der Waals surface area contributed by atoms with Crippen LogP contribution in [-0.4, -0.2) is 88.2 Å².